The van der Waals surface area contributed by atoms with E-state index in [1.54, 1.807) is 0 Å². The molecular formula is C9H17NO. The lowest BCUT2D eigenvalue weighted by Crippen LogP contribution is -2.37. The Kier molecular flexibility index (Phi) is 1.90. The molecule has 0 bridgehead atoms. The van der Waals surface area contributed by atoms with Gasteiger partial charge in [0, 0.05) is 6.54 Å². The molecule has 1 saturated heterocycles. The second-order valence-corrected chi connectivity index (χ2v) is 4.06. The molecular weight excluding hydrogens is 138 g/mol. The van der Waals surface area contributed by atoms with E-state index in [1.807, 2.05) is 0 Å². The number of aliphatic hydroxyl groups is 1. The second-order valence-electron chi connectivity index (χ2n) is 4.06. The van der Waals surface area contributed by atoms with E-state index in [-0.39, 0.29) is 5.60 Å². The number of rotatable bonds is 2. The van der Waals surface area contributed by atoms with Crippen molar-refractivity contribution in [3.05, 3.63) is 0 Å². The minimum absolute atomic E-state index is 0.267. The Labute approximate surface area is 68.2 Å². The Morgan fingerprint density at radius 2 is 1.73 bits per heavy atom. The van der Waals surface area contributed by atoms with E-state index in [2.05, 4.69) is 4.90 Å². The smallest absolute Gasteiger partial charge is 0.0776 e. The molecule has 0 aromatic rings. The Morgan fingerprint density at radius 1 is 1.09 bits per heavy atom. The van der Waals surface area contributed by atoms with Crippen molar-refractivity contribution in [2.24, 2.45) is 0 Å². The van der Waals surface area contributed by atoms with Crippen molar-refractivity contribution in [1.29, 1.82) is 0 Å². The predicted octanol–water partition coefficient (Wildman–Crippen LogP) is 0.997. The first-order valence-electron chi connectivity index (χ1n) is 4.73. The lowest BCUT2D eigenvalue weighted by atomic mass is 10.1. The molecule has 1 aliphatic carbocycles. The van der Waals surface area contributed by atoms with Gasteiger partial charge < -0.3 is 10.0 Å². The SMILES string of the molecule is OC1(CN2CCCCC2)CC1. The molecule has 0 aromatic carbocycles. The van der Waals surface area contributed by atoms with E-state index in [0.717, 1.165) is 19.4 Å². The summed E-state index contributed by atoms with van der Waals surface area (Å²) in [6, 6.07) is 0. The molecule has 2 heteroatoms. The molecule has 2 rings (SSSR count). The van der Waals surface area contributed by atoms with Gasteiger partial charge in [0.25, 0.3) is 0 Å². The third kappa shape index (κ3) is 1.94. The maximum Gasteiger partial charge on any atom is 0.0776 e. The molecule has 0 spiro atoms. The van der Waals surface area contributed by atoms with Crippen molar-refractivity contribution in [2.45, 2.75) is 37.7 Å². The second kappa shape index (κ2) is 2.76. The van der Waals surface area contributed by atoms with Crippen LogP contribution in [0.2, 0.25) is 0 Å². The summed E-state index contributed by atoms with van der Waals surface area (Å²) < 4.78 is 0. The molecule has 0 atom stereocenters. The zero-order valence-corrected chi connectivity index (χ0v) is 7.05. The average molecular weight is 155 g/mol. The third-order valence-electron chi connectivity index (χ3n) is 2.79. The Hall–Kier alpha value is -0.0800. The molecule has 2 aliphatic rings. The molecule has 2 nitrogen and oxygen atoms in total. The highest BCUT2D eigenvalue weighted by Crippen LogP contribution is 2.36. The highest BCUT2D eigenvalue weighted by atomic mass is 16.3. The van der Waals surface area contributed by atoms with Gasteiger partial charge in [-0.2, -0.15) is 0 Å². The molecule has 2 fully saturated rings. The van der Waals surface area contributed by atoms with Crippen LogP contribution in [0, 0.1) is 0 Å². The summed E-state index contributed by atoms with van der Waals surface area (Å²) in [6.45, 7) is 3.36. The van der Waals surface area contributed by atoms with Crippen LogP contribution in [0.4, 0.5) is 0 Å². The highest BCUT2D eigenvalue weighted by molar-refractivity contribution is 4.96. The fourth-order valence-corrected chi connectivity index (χ4v) is 1.84. The van der Waals surface area contributed by atoms with Crippen LogP contribution in [-0.2, 0) is 0 Å². The fraction of sp³-hybridized carbons (Fsp3) is 1.00. The van der Waals surface area contributed by atoms with Gasteiger partial charge in [0.2, 0.25) is 0 Å². The Balaban J connectivity index is 1.76. The van der Waals surface area contributed by atoms with Gasteiger partial charge in [-0.05, 0) is 38.8 Å². The van der Waals surface area contributed by atoms with Crippen LogP contribution in [-0.4, -0.2) is 35.2 Å². The van der Waals surface area contributed by atoms with Gasteiger partial charge >= 0.3 is 0 Å². The summed E-state index contributed by atoms with van der Waals surface area (Å²) in [5.41, 5.74) is -0.267. The van der Waals surface area contributed by atoms with Crippen LogP contribution < -0.4 is 0 Å². The summed E-state index contributed by atoms with van der Waals surface area (Å²) in [6.07, 6.45) is 6.11. The summed E-state index contributed by atoms with van der Waals surface area (Å²) in [7, 11) is 0. The highest BCUT2D eigenvalue weighted by Gasteiger charge is 2.41. The number of hydrogen-bond acceptors (Lipinski definition) is 2. The third-order valence-corrected chi connectivity index (χ3v) is 2.79. The van der Waals surface area contributed by atoms with Crippen molar-refractivity contribution >= 4 is 0 Å². The predicted molar refractivity (Wildman–Crippen MR) is 44.5 cm³/mol. The normalized spacial score (nSPS) is 30.3. The lowest BCUT2D eigenvalue weighted by molar-refractivity contribution is 0.0821. The van der Waals surface area contributed by atoms with Crippen LogP contribution in [0.5, 0.6) is 0 Å². The van der Waals surface area contributed by atoms with Gasteiger partial charge in [-0.3, -0.25) is 0 Å². The van der Waals surface area contributed by atoms with E-state index in [9.17, 15) is 5.11 Å². The van der Waals surface area contributed by atoms with Crippen molar-refractivity contribution in [2.75, 3.05) is 19.6 Å². The largest absolute Gasteiger partial charge is 0.389 e. The van der Waals surface area contributed by atoms with E-state index in [1.165, 1.54) is 32.4 Å². The monoisotopic (exact) mass is 155 g/mol. The van der Waals surface area contributed by atoms with Gasteiger partial charge in [0.15, 0.2) is 0 Å². The van der Waals surface area contributed by atoms with Gasteiger partial charge in [-0.25, -0.2) is 0 Å². The summed E-state index contributed by atoms with van der Waals surface area (Å²) >= 11 is 0. The summed E-state index contributed by atoms with van der Waals surface area (Å²) in [5, 5.41) is 9.64. The minimum atomic E-state index is -0.267. The molecule has 1 heterocycles. The van der Waals surface area contributed by atoms with E-state index in [4.69, 9.17) is 0 Å². The fourth-order valence-electron chi connectivity index (χ4n) is 1.84. The number of hydrogen-bond donors (Lipinski definition) is 1. The van der Waals surface area contributed by atoms with Crippen LogP contribution in [0.1, 0.15) is 32.1 Å². The van der Waals surface area contributed by atoms with Crippen molar-refractivity contribution in [3.8, 4) is 0 Å². The molecule has 1 N–H and O–H groups in total. The van der Waals surface area contributed by atoms with Crippen LogP contribution in [0.15, 0.2) is 0 Å². The average Bonchev–Trinajstić information content (AvgIpc) is 2.70. The molecule has 11 heavy (non-hydrogen) atoms. The van der Waals surface area contributed by atoms with Crippen LogP contribution in [0.25, 0.3) is 0 Å². The maximum absolute atomic E-state index is 9.64. The number of β-amino-alcohol motifs (C(OH)–C–C–N with tert-alkyl or cyclic N) is 1. The molecule has 0 aromatic heterocycles. The number of piperidine rings is 1. The Bertz CT molecular complexity index is 136. The molecule has 1 saturated carbocycles. The lowest BCUT2D eigenvalue weighted by Gasteiger charge is -2.28. The van der Waals surface area contributed by atoms with Gasteiger partial charge in [0.05, 0.1) is 5.60 Å². The van der Waals surface area contributed by atoms with Crippen LogP contribution >= 0.6 is 0 Å². The van der Waals surface area contributed by atoms with Gasteiger partial charge in [-0.15, -0.1) is 0 Å². The zero-order valence-electron chi connectivity index (χ0n) is 7.05. The van der Waals surface area contributed by atoms with Crippen molar-refractivity contribution < 1.29 is 5.11 Å². The first-order chi connectivity index (χ1) is 5.29. The maximum atomic E-state index is 9.64. The quantitative estimate of drug-likeness (QED) is 0.643. The van der Waals surface area contributed by atoms with Gasteiger partial charge in [-0.1, -0.05) is 6.42 Å². The van der Waals surface area contributed by atoms with Crippen molar-refractivity contribution in [1.82, 2.24) is 4.90 Å². The van der Waals surface area contributed by atoms with Crippen molar-refractivity contribution in [3.63, 3.8) is 0 Å². The first-order valence-corrected chi connectivity index (χ1v) is 4.73. The van der Waals surface area contributed by atoms with E-state index >= 15 is 0 Å². The van der Waals surface area contributed by atoms with E-state index < -0.39 is 0 Å². The number of likely N-dealkylation sites (tertiary alicyclic amines) is 1. The number of nitrogens with zero attached hydrogens (tertiary/aromatic N) is 1. The zero-order chi connectivity index (χ0) is 7.73. The Morgan fingerprint density at radius 3 is 2.27 bits per heavy atom. The van der Waals surface area contributed by atoms with Crippen LogP contribution in [0.3, 0.4) is 0 Å². The topological polar surface area (TPSA) is 23.5 Å². The molecule has 0 unspecified atom stereocenters. The minimum Gasteiger partial charge on any atom is -0.389 e. The van der Waals surface area contributed by atoms with Gasteiger partial charge in [0.1, 0.15) is 0 Å². The first kappa shape index (κ1) is 7.56. The molecule has 0 radical (unpaired) electrons. The summed E-state index contributed by atoms with van der Waals surface area (Å²) in [5.74, 6) is 0. The molecule has 64 valence electrons. The molecule has 0 amide bonds. The standard InChI is InChI=1S/C9H17NO/c11-9(4-5-9)8-10-6-2-1-3-7-10/h11H,1-8H2. The summed E-state index contributed by atoms with van der Waals surface area (Å²) in [4.78, 5) is 2.41. The molecule has 1 aliphatic heterocycles. The van der Waals surface area contributed by atoms with E-state index in [0.29, 0.717) is 0 Å².